The average molecular weight is 249 g/mol. The first-order valence-corrected chi connectivity index (χ1v) is 7.56. The highest BCUT2D eigenvalue weighted by Gasteiger charge is 2.15. The number of imidazole rings is 1. The van der Waals surface area contributed by atoms with E-state index in [1.54, 1.807) is 0 Å². The standard InChI is InChI=1S/C15H27N3/c1-3-7-15-16-10-11-18(15)13(2)12-17-14-8-5-4-6-9-14/h10-11,13-14,17H,3-9,12H2,1-2H3. The molecule has 1 aromatic heterocycles. The maximum atomic E-state index is 4.46. The Hall–Kier alpha value is -0.830. The SMILES string of the molecule is CCCc1nccn1C(C)CNC1CCCCC1. The fourth-order valence-corrected chi connectivity index (χ4v) is 2.90. The zero-order valence-corrected chi connectivity index (χ0v) is 11.9. The van der Waals surface area contributed by atoms with E-state index >= 15 is 0 Å². The number of nitrogens with zero attached hydrogens (tertiary/aromatic N) is 2. The van der Waals surface area contributed by atoms with Gasteiger partial charge >= 0.3 is 0 Å². The van der Waals surface area contributed by atoms with Crippen LogP contribution in [0.4, 0.5) is 0 Å². The van der Waals surface area contributed by atoms with Crippen LogP contribution in [0.1, 0.15) is 64.2 Å². The van der Waals surface area contributed by atoms with Crippen LogP contribution in [0.5, 0.6) is 0 Å². The van der Waals surface area contributed by atoms with Crippen LogP contribution in [-0.4, -0.2) is 22.1 Å². The van der Waals surface area contributed by atoms with Gasteiger partial charge in [0.1, 0.15) is 5.82 Å². The van der Waals surface area contributed by atoms with Gasteiger partial charge in [-0.2, -0.15) is 0 Å². The van der Waals surface area contributed by atoms with Gasteiger partial charge in [0.15, 0.2) is 0 Å². The topological polar surface area (TPSA) is 29.9 Å². The predicted molar refractivity (Wildman–Crippen MR) is 75.8 cm³/mol. The molecule has 2 rings (SSSR count). The Labute approximate surface area is 111 Å². The highest BCUT2D eigenvalue weighted by atomic mass is 15.1. The van der Waals surface area contributed by atoms with E-state index in [1.165, 1.54) is 44.3 Å². The zero-order valence-electron chi connectivity index (χ0n) is 11.9. The van der Waals surface area contributed by atoms with Crippen LogP contribution in [-0.2, 0) is 6.42 Å². The number of rotatable bonds is 6. The van der Waals surface area contributed by atoms with Crippen molar-refractivity contribution in [1.82, 2.24) is 14.9 Å². The van der Waals surface area contributed by atoms with E-state index in [0.29, 0.717) is 6.04 Å². The molecule has 1 aromatic rings. The second-order valence-corrected chi connectivity index (χ2v) is 5.59. The van der Waals surface area contributed by atoms with E-state index < -0.39 is 0 Å². The second kappa shape index (κ2) is 6.93. The van der Waals surface area contributed by atoms with Crippen molar-refractivity contribution in [1.29, 1.82) is 0 Å². The highest BCUT2D eigenvalue weighted by Crippen LogP contribution is 2.18. The maximum absolute atomic E-state index is 4.46. The molecule has 18 heavy (non-hydrogen) atoms. The Balaban J connectivity index is 1.82. The van der Waals surface area contributed by atoms with Gasteiger partial charge in [-0.25, -0.2) is 4.98 Å². The predicted octanol–water partition coefficient (Wildman–Crippen LogP) is 3.32. The summed E-state index contributed by atoms with van der Waals surface area (Å²) >= 11 is 0. The van der Waals surface area contributed by atoms with Crippen molar-refractivity contribution in [3.63, 3.8) is 0 Å². The number of nitrogens with one attached hydrogen (secondary N) is 1. The van der Waals surface area contributed by atoms with Gasteiger partial charge < -0.3 is 9.88 Å². The summed E-state index contributed by atoms with van der Waals surface area (Å²) in [7, 11) is 0. The zero-order chi connectivity index (χ0) is 12.8. The first kappa shape index (κ1) is 13.6. The molecule has 1 unspecified atom stereocenters. The third-order valence-corrected chi connectivity index (χ3v) is 4.00. The first-order valence-electron chi connectivity index (χ1n) is 7.56. The summed E-state index contributed by atoms with van der Waals surface area (Å²) in [5.74, 6) is 1.23. The smallest absolute Gasteiger partial charge is 0.108 e. The van der Waals surface area contributed by atoms with Crippen molar-refractivity contribution in [3.8, 4) is 0 Å². The largest absolute Gasteiger partial charge is 0.331 e. The van der Waals surface area contributed by atoms with Gasteiger partial charge in [-0.15, -0.1) is 0 Å². The van der Waals surface area contributed by atoms with Crippen molar-refractivity contribution in [2.75, 3.05) is 6.54 Å². The van der Waals surface area contributed by atoms with Crippen molar-refractivity contribution in [2.45, 2.75) is 70.9 Å². The minimum Gasteiger partial charge on any atom is -0.331 e. The average Bonchev–Trinajstić information content (AvgIpc) is 2.86. The van der Waals surface area contributed by atoms with Crippen molar-refractivity contribution in [2.24, 2.45) is 0 Å². The lowest BCUT2D eigenvalue weighted by Crippen LogP contribution is -2.35. The molecule has 0 aliphatic heterocycles. The molecule has 0 aromatic carbocycles. The van der Waals surface area contributed by atoms with Crippen LogP contribution >= 0.6 is 0 Å². The van der Waals surface area contributed by atoms with Crippen LogP contribution in [0, 0.1) is 0 Å². The van der Waals surface area contributed by atoms with Gasteiger partial charge in [-0.05, 0) is 26.2 Å². The Morgan fingerprint density at radius 2 is 2.17 bits per heavy atom. The Morgan fingerprint density at radius 3 is 2.89 bits per heavy atom. The van der Waals surface area contributed by atoms with Crippen molar-refractivity contribution in [3.05, 3.63) is 18.2 Å². The van der Waals surface area contributed by atoms with Crippen LogP contribution in [0.3, 0.4) is 0 Å². The third kappa shape index (κ3) is 3.58. The number of hydrogen-bond donors (Lipinski definition) is 1. The van der Waals surface area contributed by atoms with Gasteiger partial charge in [0.05, 0.1) is 0 Å². The third-order valence-electron chi connectivity index (χ3n) is 4.00. The van der Waals surface area contributed by atoms with E-state index in [4.69, 9.17) is 0 Å². The van der Waals surface area contributed by atoms with Crippen molar-refractivity contribution < 1.29 is 0 Å². The first-order chi connectivity index (χ1) is 8.81. The van der Waals surface area contributed by atoms with E-state index in [1.807, 2.05) is 6.20 Å². The van der Waals surface area contributed by atoms with Crippen molar-refractivity contribution >= 4 is 0 Å². The lowest BCUT2D eigenvalue weighted by atomic mass is 9.95. The summed E-state index contributed by atoms with van der Waals surface area (Å²) in [5, 5.41) is 3.73. The monoisotopic (exact) mass is 249 g/mol. The minimum atomic E-state index is 0.510. The van der Waals surface area contributed by atoms with Gasteiger partial charge in [-0.3, -0.25) is 0 Å². The summed E-state index contributed by atoms with van der Waals surface area (Å²) in [6.45, 7) is 5.57. The normalized spacial score (nSPS) is 19.0. The van der Waals surface area contributed by atoms with E-state index in [-0.39, 0.29) is 0 Å². The molecular formula is C15H27N3. The van der Waals surface area contributed by atoms with Gasteiger partial charge in [0.2, 0.25) is 0 Å². The Bertz CT molecular complexity index is 339. The fraction of sp³-hybridized carbons (Fsp3) is 0.800. The minimum absolute atomic E-state index is 0.510. The summed E-state index contributed by atoms with van der Waals surface area (Å²) in [6, 6.07) is 1.26. The van der Waals surface area contributed by atoms with E-state index in [0.717, 1.165) is 19.0 Å². The highest BCUT2D eigenvalue weighted by molar-refractivity contribution is 4.95. The number of aryl methyl sites for hydroxylation is 1. The van der Waals surface area contributed by atoms with Crippen LogP contribution in [0.25, 0.3) is 0 Å². The van der Waals surface area contributed by atoms with Gasteiger partial charge in [-0.1, -0.05) is 26.2 Å². The molecule has 1 saturated carbocycles. The lowest BCUT2D eigenvalue weighted by Gasteiger charge is -2.25. The molecule has 0 saturated heterocycles. The molecule has 0 spiro atoms. The number of aromatic nitrogens is 2. The Kier molecular flexibility index (Phi) is 5.24. The molecule has 0 radical (unpaired) electrons. The second-order valence-electron chi connectivity index (χ2n) is 5.59. The summed E-state index contributed by atoms with van der Waals surface area (Å²) in [5.41, 5.74) is 0. The fourth-order valence-electron chi connectivity index (χ4n) is 2.90. The summed E-state index contributed by atoms with van der Waals surface area (Å²) in [6.07, 6.45) is 13.3. The van der Waals surface area contributed by atoms with Gasteiger partial charge in [0.25, 0.3) is 0 Å². The molecule has 1 heterocycles. The Morgan fingerprint density at radius 1 is 1.39 bits per heavy atom. The van der Waals surface area contributed by atoms with Crippen LogP contribution < -0.4 is 5.32 Å². The molecule has 1 N–H and O–H groups in total. The molecular weight excluding hydrogens is 222 g/mol. The molecule has 102 valence electrons. The quantitative estimate of drug-likeness (QED) is 0.838. The molecule has 1 aliphatic rings. The van der Waals surface area contributed by atoms with Gasteiger partial charge in [0, 0.05) is 37.4 Å². The molecule has 3 heteroatoms. The van der Waals surface area contributed by atoms with Crippen LogP contribution in [0.15, 0.2) is 12.4 Å². The molecule has 0 bridgehead atoms. The molecule has 1 atom stereocenters. The molecule has 3 nitrogen and oxygen atoms in total. The summed E-state index contributed by atoms with van der Waals surface area (Å²) < 4.78 is 2.33. The molecule has 0 amide bonds. The molecule has 1 fully saturated rings. The summed E-state index contributed by atoms with van der Waals surface area (Å²) in [4.78, 5) is 4.46. The van der Waals surface area contributed by atoms with Crippen LogP contribution in [0.2, 0.25) is 0 Å². The lowest BCUT2D eigenvalue weighted by molar-refractivity contribution is 0.349. The van der Waals surface area contributed by atoms with E-state index in [9.17, 15) is 0 Å². The van der Waals surface area contributed by atoms with E-state index in [2.05, 4.69) is 34.9 Å². The maximum Gasteiger partial charge on any atom is 0.108 e. The number of hydrogen-bond acceptors (Lipinski definition) is 2. The molecule has 1 aliphatic carbocycles.